The van der Waals surface area contributed by atoms with Crippen LogP contribution >= 0.6 is 11.3 Å². The zero-order chi connectivity index (χ0) is 22.6. The van der Waals surface area contributed by atoms with E-state index in [0.29, 0.717) is 37.9 Å². The topological polar surface area (TPSA) is 90.7 Å². The maximum absolute atomic E-state index is 12.5. The van der Waals surface area contributed by atoms with E-state index in [1.54, 1.807) is 24.3 Å². The van der Waals surface area contributed by atoms with E-state index in [2.05, 4.69) is 46.9 Å². The standard InChI is InChI=1S/C21H30N2O5SSi/c1-13(2)30(14(3)4,15(5)6)28-18-12-19(29-20(18)21(24)27-7)22-16-10-8-9-11-17(16)23(25)26/h8-15,22H,1-7H3. The number of carbonyl (C=O) groups is 1. The molecule has 0 unspecified atom stereocenters. The van der Waals surface area contributed by atoms with Crippen LogP contribution in [0, 0.1) is 10.1 Å². The number of esters is 1. The lowest BCUT2D eigenvalue weighted by Crippen LogP contribution is -2.50. The molecule has 0 saturated heterocycles. The summed E-state index contributed by atoms with van der Waals surface area (Å²) in [7, 11) is -0.971. The van der Waals surface area contributed by atoms with Crippen LogP contribution in [-0.4, -0.2) is 26.3 Å². The lowest BCUT2D eigenvalue weighted by Gasteiger charge is -2.42. The van der Waals surface area contributed by atoms with Gasteiger partial charge in [0.15, 0.2) is 4.88 Å². The Morgan fingerprint density at radius 3 is 2.17 bits per heavy atom. The molecule has 1 N–H and O–H groups in total. The number of nitrogens with one attached hydrogen (secondary N) is 1. The van der Waals surface area contributed by atoms with Crippen molar-refractivity contribution >= 4 is 42.0 Å². The second kappa shape index (κ2) is 9.61. The Labute approximate surface area is 182 Å². The second-order valence-corrected chi connectivity index (χ2v) is 14.5. The first-order chi connectivity index (χ1) is 14.0. The van der Waals surface area contributed by atoms with Crippen LogP contribution in [0.15, 0.2) is 30.3 Å². The highest BCUT2D eigenvalue weighted by Gasteiger charge is 2.47. The Hall–Kier alpha value is -2.39. The summed E-state index contributed by atoms with van der Waals surface area (Å²) in [5, 5.41) is 15.0. The summed E-state index contributed by atoms with van der Waals surface area (Å²) in [6, 6.07) is 8.15. The minimum absolute atomic E-state index is 0.0387. The molecule has 0 amide bonds. The molecule has 1 aromatic carbocycles. The monoisotopic (exact) mass is 450 g/mol. The molecule has 0 saturated carbocycles. The largest absolute Gasteiger partial charge is 0.541 e. The van der Waals surface area contributed by atoms with Crippen LogP contribution in [0.4, 0.5) is 16.4 Å². The first-order valence-electron chi connectivity index (χ1n) is 9.96. The number of hydrogen-bond donors (Lipinski definition) is 1. The molecule has 0 aliphatic carbocycles. The molecule has 164 valence electrons. The molecule has 0 atom stereocenters. The van der Waals surface area contributed by atoms with Crippen molar-refractivity contribution in [2.45, 2.75) is 58.2 Å². The number of hydrogen-bond acceptors (Lipinski definition) is 7. The zero-order valence-electron chi connectivity index (χ0n) is 18.5. The van der Waals surface area contributed by atoms with Gasteiger partial charge in [-0.15, -0.1) is 11.3 Å². The summed E-state index contributed by atoms with van der Waals surface area (Å²) in [5.41, 5.74) is 1.30. The molecule has 0 fully saturated rings. The van der Waals surface area contributed by atoms with E-state index in [1.165, 1.54) is 24.5 Å². The van der Waals surface area contributed by atoms with Gasteiger partial charge in [0.2, 0.25) is 0 Å². The highest BCUT2D eigenvalue weighted by molar-refractivity contribution is 7.18. The van der Waals surface area contributed by atoms with Gasteiger partial charge < -0.3 is 14.5 Å². The Morgan fingerprint density at radius 2 is 1.67 bits per heavy atom. The lowest BCUT2D eigenvalue weighted by molar-refractivity contribution is -0.383. The lowest BCUT2D eigenvalue weighted by atomic mass is 10.2. The molecule has 1 aromatic heterocycles. The van der Waals surface area contributed by atoms with Gasteiger partial charge in [-0.3, -0.25) is 10.1 Å². The summed E-state index contributed by atoms with van der Waals surface area (Å²) >= 11 is 1.17. The van der Waals surface area contributed by atoms with Gasteiger partial charge in [0.1, 0.15) is 11.4 Å². The number of nitro benzene ring substituents is 1. The van der Waals surface area contributed by atoms with Crippen LogP contribution in [0.25, 0.3) is 0 Å². The number of nitrogens with zero attached hydrogens (tertiary/aromatic N) is 1. The number of para-hydroxylation sites is 2. The quantitative estimate of drug-likeness (QED) is 0.197. The van der Waals surface area contributed by atoms with E-state index < -0.39 is 19.2 Å². The van der Waals surface area contributed by atoms with Crippen molar-refractivity contribution in [2.75, 3.05) is 12.4 Å². The Morgan fingerprint density at radius 1 is 1.10 bits per heavy atom. The molecular formula is C21H30N2O5SSi. The number of benzene rings is 1. The molecule has 2 rings (SSSR count). The number of carbonyl (C=O) groups excluding carboxylic acids is 1. The van der Waals surface area contributed by atoms with E-state index in [-0.39, 0.29) is 5.69 Å². The maximum Gasteiger partial charge on any atom is 0.351 e. The maximum atomic E-state index is 12.5. The third kappa shape index (κ3) is 4.67. The molecule has 0 spiro atoms. The van der Waals surface area contributed by atoms with Gasteiger partial charge in [0, 0.05) is 12.1 Å². The molecule has 7 nitrogen and oxygen atoms in total. The van der Waals surface area contributed by atoms with Gasteiger partial charge in [-0.2, -0.15) is 0 Å². The average molecular weight is 451 g/mol. The minimum Gasteiger partial charge on any atom is -0.541 e. The highest BCUT2D eigenvalue weighted by Crippen LogP contribution is 2.46. The van der Waals surface area contributed by atoms with Crippen molar-refractivity contribution in [1.82, 2.24) is 0 Å². The van der Waals surface area contributed by atoms with Gasteiger partial charge in [0.05, 0.1) is 17.0 Å². The molecule has 9 heteroatoms. The molecule has 1 heterocycles. The van der Waals surface area contributed by atoms with Crippen molar-refractivity contribution in [2.24, 2.45) is 0 Å². The molecule has 0 aliphatic rings. The van der Waals surface area contributed by atoms with Crippen molar-refractivity contribution in [3.8, 4) is 5.75 Å². The van der Waals surface area contributed by atoms with Crippen molar-refractivity contribution in [3.05, 3.63) is 45.3 Å². The van der Waals surface area contributed by atoms with E-state index in [9.17, 15) is 14.9 Å². The first-order valence-corrected chi connectivity index (χ1v) is 12.9. The smallest absolute Gasteiger partial charge is 0.351 e. The van der Waals surface area contributed by atoms with Gasteiger partial charge in [-0.05, 0) is 22.7 Å². The fourth-order valence-corrected chi connectivity index (χ4v) is 10.4. The van der Waals surface area contributed by atoms with Crippen LogP contribution in [0.2, 0.25) is 16.6 Å². The van der Waals surface area contributed by atoms with E-state index in [1.807, 2.05) is 0 Å². The van der Waals surface area contributed by atoms with E-state index in [4.69, 9.17) is 9.16 Å². The molecule has 2 aromatic rings. The fourth-order valence-electron chi connectivity index (χ4n) is 4.16. The summed E-state index contributed by atoms with van der Waals surface area (Å²) < 4.78 is 11.7. The number of rotatable bonds is 9. The number of anilines is 2. The highest BCUT2D eigenvalue weighted by atomic mass is 32.1. The molecule has 0 radical (unpaired) electrons. The summed E-state index contributed by atoms with van der Waals surface area (Å²) in [4.78, 5) is 23.7. The molecule has 0 bridgehead atoms. The number of ether oxygens (including phenoxy) is 1. The van der Waals surface area contributed by atoms with Crippen molar-refractivity contribution in [1.29, 1.82) is 0 Å². The SMILES string of the molecule is COC(=O)c1sc(Nc2ccccc2[N+](=O)[O-])cc1O[Si](C(C)C)(C(C)C)C(C)C. The van der Waals surface area contributed by atoms with Crippen LogP contribution in [0.1, 0.15) is 51.2 Å². The van der Waals surface area contributed by atoms with Crippen LogP contribution in [0.3, 0.4) is 0 Å². The van der Waals surface area contributed by atoms with Gasteiger partial charge in [0.25, 0.3) is 14.0 Å². The Kier molecular flexibility index (Phi) is 7.65. The van der Waals surface area contributed by atoms with Crippen LogP contribution in [-0.2, 0) is 4.74 Å². The minimum atomic E-state index is -2.30. The molecule has 0 aliphatic heterocycles. The summed E-state index contributed by atoms with van der Waals surface area (Å²) in [5.74, 6) is 0.000445. The molecular weight excluding hydrogens is 420 g/mol. The molecule has 30 heavy (non-hydrogen) atoms. The van der Waals surface area contributed by atoms with E-state index in [0.717, 1.165) is 0 Å². The van der Waals surface area contributed by atoms with Crippen molar-refractivity contribution in [3.63, 3.8) is 0 Å². The Bertz CT molecular complexity index is 889. The summed E-state index contributed by atoms with van der Waals surface area (Å²) in [6.45, 7) is 13.0. The van der Waals surface area contributed by atoms with Gasteiger partial charge in [-0.25, -0.2) is 4.79 Å². The third-order valence-electron chi connectivity index (χ3n) is 5.42. The number of nitro groups is 1. The number of methoxy groups -OCH3 is 1. The zero-order valence-corrected chi connectivity index (χ0v) is 20.3. The van der Waals surface area contributed by atoms with Gasteiger partial charge in [-0.1, -0.05) is 53.7 Å². The van der Waals surface area contributed by atoms with Gasteiger partial charge >= 0.3 is 5.97 Å². The fraction of sp³-hybridized carbons (Fsp3) is 0.476. The van der Waals surface area contributed by atoms with E-state index >= 15 is 0 Å². The predicted octanol–water partition coefficient (Wildman–Crippen LogP) is 6.74. The van der Waals surface area contributed by atoms with Crippen LogP contribution < -0.4 is 9.74 Å². The Balaban J connectivity index is 2.52. The summed E-state index contributed by atoms with van der Waals surface area (Å²) in [6.07, 6.45) is 0. The second-order valence-electron chi connectivity index (χ2n) is 8.11. The van der Waals surface area contributed by atoms with Crippen molar-refractivity contribution < 1.29 is 18.9 Å². The average Bonchev–Trinajstić information content (AvgIpc) is 3.06. The van der Waals surface area contributed by atoms with Crippen LogP contribution in [0.5, 0.6) is 5.75 Å². The normalized spacial score (nSPS) is 11.8. The predicted molar refractivity (Wildman–Crippen MR) is 124 cm³/mol. The number of thiophene rings is 1. The third-order valence-corrected chi connectivity index (χ3v) is 12.4. The first kappa shape index (κ1) is 23.9.